The highest BCUT2D eigenvalue weighted by Crippen LogP contribution is 2.21. The molecule has 30 heavy (non-hydrogen) atoms. The van der Waals surface area contributed by atoms with Crippen molar-refractivity contribution < 1.29 is 13.2 Å². The highest BCUT2D eigenvalue weighted by atomic mass is 35.5. The van der Waals surface area contributed by atoms with Gasteiger partial charge in [-0.3, -0.25) is 4.72 Å². The molecule has 156 valence electrons. The van der Waals surface area contributed by atoms with Crippen LogP contribution in [0.2, 0.25) is 5.02 Å². The van der Waals surface area contributed by atoms with Crippen LogP contribution in [-0.4, -0.2) is 30.6 Å². The Hall–Kier alpha value is -2.95. The Balaban J connectivity index is 1.66. The minimum absolute atomic E-state index is 0.0647. The topological polar surface area (TPSA) is 105 Å². The summed E-state index contributed by atoms with van der Waals surface area (Å²) in [7, 11) is -2.40. The first kappa shape index (κ1) is 21.8. The molecule has 2 aromatic carbocycles. The molecular formula is C19H18ClN5O3S2. The number of nitrogens with one attached hydrogen (secondary N) is 3. The van der Waals surface area contributed by atoms with Gasteiger partial charge in [-0.05, 0) is 61.1 Å². The summed E-state index contributed by atoms with van der Waals surface area (Å²) in [5.74, 6) is 0.351. The van der Waals surface area contributed by atoms with E-state index in [-0.39, 0.29) is 16.6 Å². The summed E-state index contributed by atoms with van der Waals surface area (Å²) in [5.41, 5.74) is 2.33. The molecule has 11 heteroatoms. The molecule has 0 spiro atoms. The second-order valence-electron chi connectivity index (χ2n) is 6.12. The molecule has 8 nitrogen and oxygen atoms in total. The predicted molar refractivity (Wildman–Crippen MR) is 122 cm³/mol. The molecule has 0 amide bonds. The van der Waals surface area contributed by atoms with Crippen LogP contribution >= 0.6 is 23.8 Å². The minimum atomic E-state index is -3.83. The Morgan fingerprint density at radius 3 is 2.37 bits per heavy atom. The molecule has 0 unspecified atom stereocenters. The van der Waals surface area contributed by atoms with E-state index in [4.69, 9.17) is 28.6 Å². The standard InChI is InChI=1S/C19H18ClN5O3S2/c1-12-3-4-14(9-16(12)20)24-19(29)23-13-5-7-15(8-6-13)30(26,27)25-17-10-18(28-2)22-11-21-17/h3-11H,1-2H3,(H,21,22,25)(H2,23,24,29). The maximum absolute atomic E-state index is 12.6. The van der Waals surface area contributed by atoms with Gasteiger partial charge in [0.05, 0.1) is 12.0 Å². The van der Waals surface area contributed by atoms with Gasteiger partial charge in [-0.2, -0.15) is 0 Å². The van der Waals surface area contributed by atoms with Gasteiger partial charge in [0.1, 0.15) is 12.1 Å². The average molecular weight is 464 g/mol. The predicted octanol–water partition coefficient (Wildman–Crippen LogP) is 4.06. The Kier molecular flexibility index (Phi) is 6.70. The average Bonchev–Trinajstić information content (AvgIpc) is 2.71. The van der Waals surface area contributed by atoms with E-state index < -0.39 is 10.0 Å². The van der Waals surface area contributed by atoms with Crippen molar-refractivity contribution in [2.45, 2.75) is 11.8 Å². The van der Waals surface area contributed by atoms with Gasteiger partial charge < -0.3 is 15.4 Å². The van der Waals surface area contributed by atoms with E-state index in [1.165, 1.54) is 31.6 Å². The van der Waals surface area contributed by atoms with E-state index in [0.29, 0.717) is 15.8 Å². The lowest BCUT2D eigenvalue weighted by Gasteiger charge is -2.12. The van der Waals surface area contributed by atoms with Gasteiger partial charge in [0, 0.05) is 22.5 Å². The van der Waals surface area contributed by atoms with Crippen LogP contribution in [-0.2, 0) is 10.0 Å². The maximum atomic E-state index is 12.6. The van der Waals surface area contributed by atoms with Crippen LogP contribution in [0.1, 0.15) is 5.56 Å². The van der Waals surface area contributed by atoms with Crippen LogP contribution in [0.15, 0.2) is 59.8 Å². The second-order valence-corrected chi connectivity index (χ2v) is 8.62. The van der Waals surface area contributed by atoms with Crippen LogP contribution in [0, 0.1) is 6.92 Å². The van der Waals surface area contributed by atoms with Gasteiger partial charge in [0.25, 0.3) is 10.0 Å². The van der Waals surface area contributed by atoms with Crippen LogP contribution < -0.4 is 20.1 Å². The fourth-order valence-electron chi connectivity index (χ4n) is 2.38. The highest BCUT2D eigenvalue weighted by Gasteiger charge is 2.15. The van der Waals surface area contributed by atoms with Gasteiger partial charge in [-0.25, -0.2) is 18.4 Å². The van der Waals surface area contributed by atoms with Crippen molar-refractivity contribution in [2.75, 3.05) is 22.5 Å². The lowest BCUT2D eigenvalue weighted by atomic mass is 10.2. The zero-order chi connectivity index (χ0) is 21.7. The summed E-state index contributed by atoms with van der Waals surface area (Å²) in [4.78, 5) is 7.78. The number of sulfonamides is 1. The molecule has 0 radical (unpaired) electrons. The normalized spacial score (nSPS) is 10.9. The maximum Gasteiger partial charge on any atom is 0.263 e. The van der Waals surface area contributed by atoms with Gasteiger partial charge in [0.2, 0.25) is 5.88 Å². The summed E-state index contributed by atoms with van der Waals surface area (Å²) >= 11 is 11.4. The van der Waals surface area contributed by atoms with Gasteiger partial charge in [0.15, 0.2) is 5.11 Å². The summed E-state index contributed by atoms with van der Waals surface area (Å²) in [6.45, 7) is 1.91. The van der Waals surface area contributed by atoms with E-state index in [1.54, 1.807) is 18.2 Å². The quantitative estimate of drug-likeness (QED) is 0.470. The van der Waals surface area contributed by atoms with Gasteiger partial charge >= 0.3 is 0 Å². The SMILES string of the molecule is COc1cc(NS(=O)(=O)c2ccc(NC(=S)Nc3ccc(C)c(Cl)c3)cc2)ncn1. The summed E-state index contributed by atoms with van der Waals surface area (Å²) in [6.07, 6.45) is 1.21. The fourth-order valence-corrected chi connectivity index (χ4v) is 3.80. The lowest BCUT2D eigenvalue weighted by Crippen LogP contribution is -2.19. The number of halogens is 1. The fraction of sp³-hybridized carbons (Fsp3) is 0.105. The van der Waals surface area contributed by atoms with Crippen molar-refractivity contribution in [3.05, 3.63) is 65.4 Å². The minimum Gasteiger partial charge on any atom is -0.481 e. The van der Waals surface area contributed by atoms with Gasteiger partial charge in [-0.15, -0.1) is 0 Å². The zero-order valence-electron chi connectivity index (χ0n) is 16.0. The number of thiocarbonyl (C=S) groups is 1. The molecule has 0 aliphatic heterocycles. The first-order valence-electron chi connectivity index (χ1n) is 8.60. The van der Waals surface area contributed by atoms with Crippen LogP contribution in [0.25, 0.3) is 0 Å². The molecular weight excluding hydrogens is 446 g/mol. The monoisotopic (exact) mass is 463 g/mol. The van der Waals surface area contributed by atoms with Gasteiger partial charge in [-0.1, -0.05) is 17.7 Å². The summed E-state index contributed by atoms with van der Waals surface area (Å²) in [6, 6.07) is 13.0. The van der Waals surface area contributed by atoms with E-state index >= 15 is 0 Å². The lowest BCUT2D eigenvalue weighted by molar-refractivity contribution is 0.397. The number of nitrogens with zero attached hydrogens (tertiary/aromatic N) is 2. The molecule has 3 N–H and O–H groups in total. The third-order valence-corrected chi connectivity index (χ3v) is 5.92. The smallest absolute Gasteiger partial charge is 0.263 e. The molecule has 0 saturated heterocycles. The number of ether oxygens (including phenoxy) is 1. The largest absolute Gasteiger partial charge is 0.481 e. The Morgan fingerprint density at radius 2 is 1.70 bits per heavy atom. The van der Waals surface area contributed by atoms with Crippen molar-refractivity contribution >= 4 is 56.1 Å². The van der Waals surface area contributed by atoms with Crippen molar-refractivity contribution in [3.63, 3.8) is 0 Å². The number of hydrogen-bond acceptors (Lipinski definition) is 6. The number of anilines is 3. The number of benzene rings is 2. The molecule has 0 saturated carbocycles. The number of aryl methyl sites for hydroxylation is 1. The zero-order valence-corrected chi connectivity index (χ0v) is 18.4. The molecule has 0 aliphatic rings. The molecule has 1 aromatic heterocycles. The molecule has 1 heterocycles. The summed E-state index contributed by atoms with van der Waals surface area (Å²) < 4.78 is 32.4. The third kappa shape index (κ3) is 5.56. The number of aromatic nitrogens is 2. The highest BCUT2D eigenvalue weighted by molar-refractivity contribution is 7.92. The van der Waals surface area contributed by atoms with Crippen molar-refractivity contribution in [1.29, 1.82) is 0 Å². The molecule has 3 rings (SSSR count). The van der Waals surface area contributed by atoms with Crippen molar-refractivity contribution in [1.82, 2.24) is 9.97 Å². The first-order chi connectivity index (χ1) is 14.3. The van der Waals surface area contributed by atoms with Crippen molar-refractivity contribution in [3.8, 4) is 5.88 Å². The molecule has 0 atom stereocenters. The van der Waals surface area contributed by atoms with Crippen LogP contribution in [0.3, 0.4) is 0 Å². The van der Waals surface area contributed by atoms with Crippen LogP contribution in [0.5, 0.6) is 5.88 Å². The van der Waals surface area contributed by atoms with Crippen LogP contribution in [0.4, 0.5) is 17.2 Å². The molecule has 0 fully saturated rings. The van der Waals surface area contributed by atoms with E-state index in [1.807, 2.05) is 19.1 Å². The third-order valence-electron chi connectivity index (χ3n) is 3.94. The Bertz CT molecular complexity index is 1170. The number of hydrogen-bond donors (Lipinski definition) is 3. The van der Waals surface area contributed by atoms with E-state index in [2.05, 4.69) is 25.3 Å². The molecule has 0 bridgehead atoms. The van der Waals surface area contributed by atoms with E-state index in [9.17, 15) is 8.42 Å². The Morgan fingerprint density at radius 1 is 1.03 bits per heavy atom. The Labute approximate surface area is 184 Å². The van der Waals surface area contributed by atoms with E-state index in [0.717, 1.165) is 11.3 Å². The molecule has 3 aromatic rings. The number of methoxy groups -OCH3 is 1. The molecule has 0 aliphatic carbocycles. The second kappa shape index (κ2) is 9.24. The first-order valence-corrected chi connectivity index (χ1v) is 10.9. The number of rotatable bonds is 6. The summed E-state index contributed by atoms with van der Waals surface area (Å²) in [5, 5.41) is 6.99. The van der Waals surface area contributed by atoms with Crippen molar-refractivity contribution in [2.24, 2.45) is 0 Å².